The molecular formula is C32H33Br2NO4. The fourth-order valence-electron chi connectivity index (χ4n) is 4.61. The van der Waals surface area contributed by atoms with Crippen LogP contribution >= 0.6 is 31.9 Å². The van der Waals surface area contributed by atoms with Crippen molar-refractivity contribution in [3.05, 3.63) is 117 Å². The van der Waals surface area contributed by atoms with Crippen LogP contribution in [0, 0.1) is 0 Å². The van der Waals surface area contributed by atoms with Crippen LogP contribution in [0.4, 0.5) is 0 Å². The zero-order chi connectivity index (χ0) is 27.8. The van der Waals surface area contributed by atoms with Crippen molar-refractivity contribution in [1.29, 1.82) is 0 Å². The van der Waals surface area contributed by atoms with Crippen LogP contribution in [0.15, 0.2) is 99.9 Å². The highest BCUT2D eigenvalue weighted by Crippen LogP contribution is 2.39. The average Bonchev–Trinajstić information content (AvgIpc) is 2.97. The molecule has 204 valence electrons. The SMILES string of the molecule is COc1cc(CN(Cc2ccccc2Br)[C@H](C)C(Oc2ccccc2Br)c2ccccc2)cc(OC)c1OC. The number of hydrogen-bond acceptors (Lipinski definition) is 5. The van der Waals surface area contributed by atoms with Crippen LogP contribution in [0.5, 0.6) is 23.0 Å². The summed E-state index contributed by atoms with van der Waals surface area (Å²) in [5, 5.41) is 0. The summed E-state index contributed by atoms with van der Waals surface area (Å²) >= 11 is 7.41. The minimum Gasteiger partial charge on any atom is -0.493 e. The van der Waals surface area contributed by atoms with Crippen molar-refractivity contribution in [2.75, 3.05) is 21.3 Å². The first-order valence-electron chi connectivity index (χ1n) is 12.7. The molecule has 4 rings (SSSR count). The van der Waals surface area contributed by atoms with E-state index in [0.29, 0.717) is 30.3 Å². The Bertz CT molecular complexity index is 1340. The monoisotopic (exact) mass is 653 g/mol. The Labute approximate surface area is 247 Å². The van der Waals surface area contributed by atoms with E-state index in [4.69, 9.17) is 18.9 Å². The van der Waals surface area contributed by atoms with E-state index in [-0.39, 0.29) is 12.1 Å². The van der Waals surface area contributed by atoms with Crippen LogP contribution in [0.1, 0.15) is 29.7 Å². The van der Waals surface area contributed by atoms with Crippen molar-refractivity contribution in [3.63, 3.8) is 0 Å². The van der Waals surface area contributed by atoms with Gasteiger partial charge >= 0.3 is 0 Å². The topological polar surface area (TPSA) is 40.2 Å². The van der Waals surface area contributed by atoms with E-state index in [1.165, 1.54) is 5.56 Å². The lowest BCUT2D eigenvalue weighted by molar-refractivity contribution is 0.0644. The van der Waals surface area contributed by atoms with E-state index in [9.17, 15) is 0 Å². The Morgan fingerprint density at radius 3 is 1.85 bits per heavy atom. The maximum atomic E-state index is 6.74. The molecule has 0 bridgehead atoms. The highest BCUT2D eigenvalue weighted by atomic mass is 79.9. The smallest absolute Gasteiger partial charge is 0.203 e. The summed E-state index contributed by atoms with van der Waals surface area (Å²) in [4.78, 5) is 2.41. The van der Waals surface area contributed by atoms with Gasteiger partial charge in [-0.15, -0.1) is 0 Å². The van der Waals surface area contributed by atoms with Gasteiger partial charge in [0.15, 0.2) is 11.5 Å². The number of para-hydroxylation sites is 1. The molecule has 4 aromatic carbocycles. The first kappa shape index (κ1) is 29.0. The van der Waals surface area contributed by atoms with Crippen molar-refractivity contribution >= 4 is 31.9 Å². The summed E-state index contributed by atoms with van der Waals surface area (Å²) in [5.41, 5.74) is 3.32. The third kappa shape index (κ3) is 7.15. The fourth-order valence-corrected chi connectivity index (χ4v) is 5.40. The van der Waals surface area contributed by atoms with Crippen molar-refractivity contribution in [3.8, 4) is 23.0 Å². The van der Waals surface area contributed by atoms with Crippen molar-refractivity contribution in [2.24, 2.45) is 0 Å². The van der Waals surface area contributed by atoms with E-state index in [0.717, 1.165) is 25.8 Å². The molecule has 0 saturated heterocycles. The second-order valence-electron chi connectivity index (χ2n) is 9.15. The Balaban J connectivity index is 1.76. The van der Waals surface area contributed by atoms with Crippen molar-refractivity contribution in [1.82, 2.24) is 4.90 Å². The van der Waals surface area contributed by atoms with Gasteiger partial charge in [0, 0.05) is 23.6 Å². The molecule has 1 unspecified atom stereocenters. The summed E-state index contributed by atoms with van der Waals surface area (Å²) in [6.07, 6.45) is -0.241. The van der Waals surface area contributed by atoms with Gasteiger partial charge in [0.1, 0.15) is 11.9 Å². The zero-order valence-electron chi connectivity index (χ0n) is 22.6. The van der Waals surface area contributed by atoms with Gasteiger partial charge in [-0.3, -0.25) is 4.90 Å². The Morgan fingerprint density at radius 2 is 1.26 bits per heavy atom. The van der Waals surface area contributed by atoms with Gasteiger partial charge in [0.25, 0.3) is 0 Å². The Hall–Kier alpha value is -3.00. The number of nitrogens with zero attached hydrogens (tertiary/aromatic N) is 1. The van der Waals surface area contributed by atoms with Gasteiger partial charge in [-0.1, -0.05) is 76.6 Å². The average molecular weight is 655 g/mol. The van der Waals surface area contributed by atoms with Gasteiger partial charge in [-0.2, -0.15) is 0 Å². The third-order valence-electron chi connectivity index (χ3n) is 6.67. The van der Waals surface area contributed by atoms with E-state index >= 15 is 0 Å². The van der Waals surface area contributed by atoms with E-state index in [1.54, 1.807) is 21.3 Å². The van der Waals surface area contributed by atoms with Crippen LogP contribution in [0.25, 0.3) is 0 Å². The quantitative estimate of drug-likeness (QED) is 0.153. The molecule has 2 atom stereocenters. The second-order valence-corrected chi connectivity index (χ2v) is 10.9. The minimum atomic E-state index is -0.241. The molecule has 0 N–H and O–H groups in total. The van der Waals surface area contributed by atoms with E-state index < -0.39 is 0 Å². The molecule has 0 aliphatic carbocycles. The van der Waals surface area contributed by atoms with Gasteiger partial charge in [0.05, 0.1) is 25.8 Å². The predicted molar refractivity (Wildman–Crippen MR) is 163 cm³/mol. The lowest BCUT2D eigenvalue weighted by atomic mass is 10.00. The van der Waals surface area contributed by atoms with Crippen LogP contribution in [-0.2, 0) is 13.1 Å². The Kier molecular flexibility index (Phi) is 10.3. The largest absolute Gasteiger partial charge is 0.493 e. The third-order valence-corrected chi connectivity index (χ3v) is 8.10. The first-order chi connectivity index (χ1) is 18.9. The van der Waals surface area contributed by atoms with Crippen molar-refractivity contribution < 1.29 is 18.9 Å². The lowest BCUT2D eigenvalue weighted by Crippen LogP contribution is -2.39. The van der Waals surface area contributed by atoms with Crippen LogP contribution in [0.3, 0.4) is 0 Å². The van der Waals surface area contributed by atoms with Gasteiger partial charge in [-0.05, 0) is 69.9 Å². The van der Waals surface area contributed by atoms with Crippen LogP contribution in [-0.4, -0.2) is 32.3 Å². The predicted octanol–water partition coefficient (Wildman–Crippen LogP) is 8.45. The second kappa shape index (κ2) is 13.9. The van der Waals surface area contributed by atoms with Gasteiger partial charge in [-0.25, -0.2) is 0 Å². The molecule has 0 fully saturated rings. The molecule has 39 heavy (non-hydrogen) atoms. The summed E-state index contributed by atoms with van der Waals surface area (Å²) in [6.45, 7) is 3.53. The number of ether oxygens (including phenoxy) is 4. The van der Waals surface area contributed by atoms with Gasteiger partial charge < -0.3 is 18.9 Å². The molecule has 0 aromatic heterocycles. The molecule has 0 radical (unpaired) electrons. The summed E-state index contributed by atoms with van der Waals surface area (Å²) in [6, 6.07) is 30.6. The molecule has 0 aliphatic rings. The van der Waals surface area contributed by atoms with Crippen LogP contribution < -0.4 is 18.9 Å². The van der Waals surface area contributed by atoms with Gasteiger partial charge in [0.2, 0.25) is 5.75 Å². The maximum Gasteiger partial charge on any atom is 0.203 e. The maximum absolute atomic E-state index is 6.74. The van der Waals surface area contributed by atoms with E-state index in [1.807, 2.05) is 48.5 Å². The minimum absolute atomic E-state index is 0.0225. The molecular weight excluding hydrogens is 622 g/mol. The molecule has 0 spiro atoms. The normalized spacial score (nSPS) is 12.6. The molecule has 0 saturated carbocycles. The zero-order valence-corrected chi connectivity index (χ0v) is 25.7. The highest BCUT2D eigenvalue weighted by Gasteiger charge is 2.29. The molecule has 7 heteroatoms. The summed E-state index contributed by atoms with van der Waals surface area (Å²) in [5.74, 6) is 2.63. The lowest BCUT2D eigenvalue weighted by Gasteiger charge is -2.36. The van der Waals surface area contributed by atoms with Crippen molar-refractivity contribution in [2.45, 2.75) is 32.2 Å². The molecule has 5 nitrogen and oxygen atoms in total. The first-order valence-corrected chi connectivity index (χ1v) is 14.3. The molecule has 4 aromatic rings. The molecule has 0 aliphatic heterocycles. The number of methoxy groups -OCH3 is 3. The number of benzene rings is 4. The highest BCUT2D eigenvalue weighted by molar-refractivity contribution is 9.10. The molecule has 0 heterocycles. The fraction of sp³-hybridized carbons (Fsp3) is 0.250. The summed E-state index contributed by atoms with van der Waals surface area (Å²) in [7, 11) is 4.89. The number of rotatable bonds is 12. The number of halogens is 2. The Morgan fingerprint density at radius 1 is 0.667 bits per heavy atom. The number of hydrogen-bond donors (Lipinski definition) is 0. The van der Waals surface area contributed by atoms with E-state index in [2.05, 4.69) is 86.1 Å². The standard InChI is InChI=1S/C32H33Br2NO4/c1-22(31(24-12-6-5-7-13-24)39-28-17-11-10-16-27(28)34)35(21-25-14-8-9-15-26(25)33)20-23-18-29(36-2)32(38-4)30(19-23)37-3/h5-19,22,31H,20-21H2,1-4H3/t22-,31?/m1/s1. The summed E-state index contributed by atoms with van der Waals surface area (Å²) < 4.78 is 25.6. The molecule has 0 amide bonds. The van der Waals surface area contributed by atoms with Crippen LogP contribution in [0.2, 0.25) is 0 Å².